The monoisotopic (exact) mass is 342 g/mol. The SMILES string of the molecule is CN=C(NCCC(=O)NC1CCCC1)N1CCC(c2ccccc2)C1. The van der Waals surface area contributed by atoms with Gasteiger partial charge in [0.2, 0.25) is 5.91 Å². The highest BCUT2D eigenvalue weighted by Gasteiger charge is 2.26. The van der Waals surface area contributed by atoms with Crippen LogP contribution in [0, 0.1) is 0 Å². The van der Waals surface area contributed by atoms with Gasteiger partial charge < -0.3 is 15.5 Å². The van der Waals surface area contributed by atoms with Crippen molar-refractivity contribution in [1.29, 1.82) is 0 Å². The molecule has 0 radical (unpaired) electrons. The standard InChI is InChI=1S/C20H30N4O/c1-21-20(22-13-11-19(25)23-18-9-5-6-10-18)24-14-12-17(15-24)16-7-3-2-4-8-16/h2-4,7-8,17-18H,5-6,9-15H2,1H3,(H,21,22)(H,23,25). The minimum Gasteiger partial charge on any atom is -0.356 e. The van der Waals surface area contributed by atoms with Gasteiger partial charge in [-0.2, -0.15) is 0 Å². The van der Waals surface area contributed by atoms with Crippen molar-refractivity contribution in [3.63, 3.8) is 0 Å². The molecule has 2 fully saturated rings. The zero-order valence-electron chi connectivity index (χ0n) is 15.2. The Morgan fingerprint density at radius 3 is 2.68 bits per heavy atom. The molecule has 0 bridgehead atoms. The van der Waals surface area contributed by atoms with Gasteiger partial charge in [0, 0.05) is 45.1 Å². The molecule has 1 saturated heterocycles. The van der Waals surface area contributed by atoms with E-state index in [4.69, 9.17) is 0 Å². The zero-order valence-corrected chi connectivity index (χ0v) is 15.2. The van der Waals surface area contributed by atoms with E-state index in [1.54, 1.807) is 0 Å². The zero-order chi connectivity index (χ0) is 17.5. The van der Waals surface area contributed by atoms with Crippen molar-refractivity contribution < 1.29 is 4.79 Å². The molecule has 2 aliphatic rings. The second-order valence-electron chi connectivity index (χ2n) is 7.12. The molecule has 1 unspecified atom stereocenters. The third kappa shape index (κ3) is 4.97. The van der Waals surface area contributed by atoms with Crippen molar-refractivity contribution in [1.82, 2.24) is 15.5 Å². The summed E-state index contributed by atoms with van der Waals surface area (Å²) in [5.41, 5.74) is 1.40. The van der Waals surface area contributed by atoms with Gasteiger partial charge in [-0.15, -0.1) is 0 Å². The van der Waals surface area contributed by atoms with Gasteiger partial charge in [-0.3, -0.25) is 9.79 Å². The quantitative estimate of drug-likeness (QED) is 0.638. The van der Waals surface area contributed by atoms with Crippen molar-refractivity contribution in [3.8, 4) is 0 Å². The highest BCUT2D eigenvalue weighted by atomic mass is 16.1. The number of likely N-dealkylation sites (tertiary alicyclic amines) is 1. The number of aliphatic imine (C=N–C) groups is 1. The van der Waals surface area contributed by atoms with E-state index in [-0.39, 0.29) is 5.91 Å². The third-order valence-electron chi connectivity index (χ3n) is 5.33. The van der Waals surface area contributed by atoms with Crippen molar-refractivity contribution in [2.45, 2.75) is 50.5 Å². The highest BCUT2D eigenvalue weighted by Crippen LogP contribution is 2.26. The summed E-state index contributed by atoms with van der Waals surface area (Å²) in [5.74, 6) is 1.62. The van der Waals surface area contributed by atoms with E-state index in [1.807, 2.05) is 7.05 Å². The van der Waals surface area contributed by atoms with E-state index < -0.39 is 0 Å². The van der Waals surface area contributed by atoms with Crippen LogP contribution in [0.4, 0.5) is 0 Å². The summed E-state index contributed by atoms with van der Waals surface area (Å²) in [7, 11) is 1.82. The van der Waals surface area contributed by atoms with Crippen LogP contribution in [0.5, 0.6) is 0 Å². The molecule has 5 heteroatoms. The third-order valence-corrected chi connectivity index (χ3v) is 5.33. The van der Waals surface area contributed by atoms with E-state index in [9.17, 15) is 4.79 Å². The molecule has 0 aromatic heterocycles. The molecule has 1 amide bonds. The maximum Gasteiger partial charge on any atom is 0.221 e. The molecule has 1 saturated carbocycles. The first-order valence-electron chi connectivity index (χ1n) is 9.56. The van der Waals surface area contributed by atoms with Crippen molar-refractivity contribution in [3.05, 3.63) is 35.9 Å². The van der Waals surface area contributed by atoms with Gasteiger partial charge in [-0.25, -0.2) is 0 Å². The molecule has 3 rings (SSSR count). The molecule has 1 heterocycles. The molecule has 2 N–H and O–H groups in total. The summed E-state index contributed by atoms with van der Waals surface area (Å²) in [6.07, 6.45) is 6.41. The number of hydrogen-bond acceptors (Lipinski definition) is 2. The second-order valence-corrected chi connectivity index (χ2v) is 7.12. The fraction of sp³-hybridized carbons (Fsp3) is 0.600. The Morgan fingerprint density at radius 1 is 1.20 bits per heavy atom. The summed E-state index contributed by atoms with van der Waals surface area (Å²) in [5, 5.41) is 6.49. The number of carbonyl (C=O) groups excluding carboxylic acids is 1. The molecular formula is C20H30N4O. The van der Waals surface area contributed by atoms with Crippen LogP contribution < -0.4 is 10.6 Å². The lowest BCUT2D eigenvalue weighted by molar-refractivity contribution is -0.121. The van der Waals surface area contributed by atoms with E-state index in [0.29, 0.717) is 24.9 Å². The van der Waals surface area contributed by atoms with Gasteiger partial charge in [0.1, 0.15) is 0 Å². The molecular weight excluding hydrogens is 312 g/mol. The Labute approximate surface area is 150 Å². The van der Waals surface area contributed by atoms with Gasteiger partial charge in [0.15, 0.2) is 5.96 Å². The van der Waals surface area contributed by atoms with Crippen LogP contribution in [0.3, 0.4) is 0 Å². The average Bonchev–Trinajstić information content (AvgIpc) is 3.31. The fourth-order valence-corrected chi connectivity index (χ4v) is 3.94. The van der Waals surface area contributed by atoms with Gasteiger partial charge >= 0.3 is 0 Å². The minimum absolute atomic E-state index is 0.151. The van der Waals surface area contributed by atoms with Gasteiger partial charge in [-0.1, -0.05) is 43.2 Å². The van der Waals surface area contributed by atoms with Gasteiger partial charge in [0.25, 0.3) is 0 Å². The molecule has 0 spiro atoms. The molecule has 1 aromatic carbocycles. The first kappa shape index (κ1) is 17.8. The van der Waals surface area contributed by atoms with Crippen LogP contribution >= 0.6 is 0 Å². The molecule has 1 atom stereocenters. The Balaban J connectivity index is 1.41. The maximum atomic E-state index is 12.0. The lowest BCUT2D eigenvalue weighted by Gasteiger charge is -2.22. The number of rotatable bonds is 5. The highest BCUT2D eigenvalue weighted by molar-refractivity contribution is 5.81. The van der Waals surface area contributed by atoms with E-state index >= 15 is 0 Å². The topological polar surface area (TPSA) is 56.7 Å². The van der Waals surface area contributed by atoms with Gasteiger partial charge in [-0.05, 0) is 24.8 Å². The lowest BCUT2D eigenvalue weighted by Crippen LogP contribution is -2.42. The van der Waals surface area contributed by atoms with Crippen LogP contribution in [0.25, 0.3) is 0 Å². The minimum atomic E-state index is 0.151. The number of amides is 1. The van der Waals surface area contributed by atoms with Crippen molar-refractivity contribution in [2.75, 3.05) is 26.7 Å². The largest absolute Gasteiger partial charge is 0.356 e. The average molecular weight is 342 g/mol. The van der Waals surface area contributed by atoms with Crippen LogP contribution in [0.2, 0.25) is 0 Å². The summed E-state index contributed by atoms with van der Waals surface area (Å²) < 4.78 is 0. The summed E-state index contributed by atoms with van der Waals surface area (Å²) >= 11 is 0. The number of hydrogen-bond donors (Lipinski definition) is 2. The molecule has 1 aromatic rings. The number of carbonyl (C=O) groups is 1. The molecule has 1 aliphatic carbocycles. The summed E-state index contributed by atoms with van der Waals surface area (Å²) in [6, 6.07) is 11.1. The Bertz CT molecular complexity index is 581. The molecule has 1 aliphatic heterocycles. The van der Waals surface area contributed by atoms with E-state index in [1.165, 1.54) is 18.4 Å². The van der Waals surface area contributed by atoms with Crippen LogP contribution in [0.1, 0.15) is 50.0 Å². The Kier molecular flexibility index (Phi) is 6.31. The van der Waals surface area contributed by atoms with Crippen LogP contribution in [-0.4, -0.2) is 49.5 Å². The predicted octanol–water partition coefficient (Wildman–Crippen LogP) is 2.50. The van der Waals surface area contributed by atoms with Crippen LogP contribution in [0.15, 0.2) is 35.3 Å². The maximum absolute atomic E-state index is 12.0. The smallest absolute Gasteiger partial charge is 0.221 e. The summed E-state index contributed by atoms with van der Waals surface area (Å²) in [4.78, 5) is 18.7. The second kappa shape index (κ2) is 8.88. The van der Waals surface area contributed by atoms with Crippen LogP contribution in [-0.2, 0) is 4.79 Å². The van der Waals surface area contributed by atoms with Gasteiger partial charge in [0.05, 0.1) is 0 Å². The summed E-state index contributed by atoms with van der Waals surface area (Å²) in [6.45, 7) is 2.63. The number of nitrogens with zero attached hydrogens (tertiary/aromatic N) is 2. The number of guanidine groups is 1. The molecule has 5 nitrogen and oxygen atoms in total. The van der Waals surface area contributed by atoms with E-state index in [0.717, 1.165) is 38.3 Å². The van der Waals surface area contributed by atoms with E-state index in [2.05, 4.69) is 50.9 Å². The first-order chi connectivity index (χ1) is 12.3. The molecule has 136 valence electrons. The fourth-order valence-electron chi connectivity index (χ4n) is 3.94. The van der Waals surface area contributed by atoms with Crippen molar-refractivity contribution in [2.24, 2.45) is 4.99 Å². The number of nitrogens with one attached hydrogen (secondary N) is 2. The van der Waals surface area contributed by atoms with Crippen molar-refractivity contribution >= 4 is 11.9 Å². The Hall–Kier alpha value is -2.04. The predicted molar refractivity (Wildman–Crippen MR) is 102 cm³/mol. The lowest BCUT2D eigenvalue weighted by atomic mass is 9.99. The Morgan fingerprint density at radius 2 is 1.96 bits per heavy atom. The molecule has 25 heavy (non-hydrogen) atoms. The number of benzene rings is 1. The first-order valence-corrected chi connectivity index (χ1v) is 9.56. The normalized spacial score (nSPS) is 21.6.